The summed E-state index contributed by atoms with van der Waals surface area (Å²) in [5, 5.41) is 16.2. The van der Waals surface area contributed by atoms with E-state index in [4.69, 9.17) is 4.74 Å². The number of aromatic nitrogens is 1. The van der Waals surface area contributed by atoms with Crippen LogP contribution in [0.1, 0.15) is 0 Å². The molecule has 0 spiro atoms. The van der Waals surface area contributed by atoms with Crippen LogP contribution in [0.2, 0.25) is 0 Å². The van der Waals surface area contributed by atoms with E-state index in [1.807, 2.05) is 12.3 Å². The Bertz CT molecular complexity index is 3280. The fraction of sp³-hybridized carbons (Fsp3) is 0. The molecule has 2 nitrogen and oxygen atoms in total. The van der Waals surface area contributed by atoms with E-state index in [1.165, 1.54) is 81.5 Å². The zero-order valence-corrected chi connectivity index (χ0v) is 27.4. The Hall–Kier alpha value is -6.77. The summed E-state index contributed by atoms with van der Waals surface area (Å²) in [5.74, 6) is 1.79. The van der Waals surface area contributed by atoms with Crippen LogP contribution in [0.4, 0.5) is 0 Å². The van der Waals surface area contributed by atoms with Gasteiger partial charge in [0.1, 0.15) is 11.5 Å². The summed E-state index contributed by atoms with van der Waals surface area (Å²) in [6.45, 7) is 0. The maximum atomic E-state index is 6.85. The number of rotatable bonds is 2. The summed E-state index contributed by atoms with van der Waals surface area (Å²) >= 11 is 0. The molecule has 0 unspecified atom stereocenters. The van der Waals surface area contributed by atoms with Gasteiger partial charge in [-0.1, -0.05) is 109 Å². The number of pyridine rings is 1. The van der Waals surface area contributed by atoms with Crippen molar-refractivity contribution < 1.29 is 4.74 Å². The number of benzene rings is 10. The molecule has 0 saturated heterocycles. The van der Waals surface area contributed by atoms with Crippen LogP contribution >= 0.6 is 0 Å². The van der Waals surface area contributed by atoms with Crippen molar-refractivity contribution in [2.24, 2.45) is 0 Å². The molecule has 0 N–H and O–H groups in total. The molecule has 12 rings (SSSR count). The van der Waals surface area contributed by atoms with E-state index < -0.39 is 0 Å². The van der Waals surface area contributed by atoms with Crippen LogP contribution in [-0.4, -0.2) is 4.98 Å². The maximum Gasteiger partial charge on any atom is 0.135 e. The first-order valence-corrected chi connectivity index (χ1v) is 17.5. The van der Waals surface area contributed by atoms with E-state index in [1.54, 1.807) is 0 Å². The second-order valence-corrected chi connectivity index (χ2v) is 13.8. The fourth-order valence-corrected chi connectivity index (χ4v) is 9.00. The Kier molecular flexibility index (Phi) is 5.26. The molecule has 0 aliphatic carbocycles. The van der Waals surface area contributed by atoms with E-state index in [0.717, 1.165) is 38.9 Å². The molecule has 2 heterocycles. The minimum absolute atomic E-state index is 0.890. The van der Waals surface area contributed by atoms with E-state index in [2.05, 4.69) is 157 Å². The van der Waals surface area contributed by atoms with Crippen molar-refractivity contribution in [3.63, 3.8) is 0 Å². The van der Waals surface area contributed by atoms with Gasteiger partial charge in [-0.25, -0.2) is 0 Å². The van der Waals surface area contributed by atoms with E-state index in [-0.39, 0.29) is 0 Å². The lowest BCUT2D eigenvalue weighted by Crippen LogP contribution is -1.99. The number of fused-ring (bicyclic) bond motifs is 7. The van der Waals surface area contributed by atoms with Gasteiger partial charge in [0, 0.05) is 22.5 Å². The summed E-state index contributed by atoms with van der Waals surface area (Å²) < 4.78 is 6.85. The molecule has 0 atom stereocenters. The summed E-state index contributed by atoms with van der Waals surface area (Å²) in [6, 6.07) is 57.7. The molecule has 1 aromatic heterocycles. The number of ether oxygens (including phenoxy) is 1. The van der Waals surface area contributed by atoms with Crippen LogP contribution in [-0.2, 0) is 0 Å². The Morgan fingerprint density at radius 1 is 0.333 bits per heavy atom. The van der Waals surface area contributed by atoms with Crippen molar-refractivity contribution in [1.29, 1.82) is 0 Å². The molecule has 234 valence electrons. The number of nitrogens with zero attached hydrogens (tertiary/aromatic N) is 1. The monoisotopic (exact) mass is 645 g/mol. The summed E-state index contributed by atoms with van der Waals surface area (Å²) in [6.07, 6.45) is 1.87. The van der Waals surface area contributed by atoms with Crippen molar-refractivity contribution in [2.75, 3.05) is 0 Å². The molecule has 0 bridgehead atoms. The minimum Gasteiger partial charge on any atom is -0.456 e. The fourth-order valence-electron chi connectivity index (χ4n) is 9.00. The highest BCUT2D eigenvalue weighted by Gasteiger charge is 2.24. The lowest BCUT2D eigenvalue weighted by molar-refractivity contribution is 0.487. The first kappa shape index (κ1) is 27.1. The van der Waals surface area contributed by atoms with Gasteiger partial charge in [-0.05, 0) is 136 Å². The van der Waals surface area contributed by atoms with Crippen LogP contribution in [0.3, 0.4) is 0 Å². The van der Waals surface area contributed by atoms with Crippen molar-refractivity contribution in [3.8, 4) is 44.9 Å². The lowest BCUT2D eigenvalue weighted by atomic mass is 9.85. The standard InChI is InChI=1S/C49H27NO/c1-2-12-33-32(11-1)40(34-13-5-17-44-35(34)16-7-23-50-44)26-42-38-15-6-18-45-49(38)43(27-41(33)42)36-22-21-30(25-46(36)51-45)39-24-31-10-3-8-28-19-20-29-9-4-14-37(39)48(29)47(28)31/h1-27H. The topological polar surface area (TPSA) is 22.1 Å². The number of hydrogen-bond donors (Lipinski definition) is 0. The maximum absolute atomic E-state index is 6.85. The van der Waals surface area contributed by atoms with Gasteiger partial charge >= 0.3 is 0 Å². The quantitative estimate of drug-likeness (QED) is 0.175. The Morgan fingerprint density at radius 2 is 1.06 bits per heavy atom. The average molecular weight is 646 g/mol. The molecule has 10 aromatic carbocycles. The largest absolute Gasteiger partial charge is 0.456 e. The highest BCUT2D eigenvalue weighted by atomic mass is 16.5. The van der Waals surface area contributed by atoms with Crippen molar-refractivity contribution in [3.05, 3.63) is 164 Å². The number of hydrogen-bond acceptors (Lipinski definition) is 2. The van der Waals surface area contributed by atoms with Crippen molar-refractivity contribution in [2.45, 2.75) is 0 Å². The summed E-state index contributed by atoms with van der Waals surface area (Å²) in [4.78, 5) is 4.67. The Morgan fingerprint density at radius 3 is 2.00 bits per heavy atom. The molecular weight excluding hydrogens is 619 g/mol. The van der Waals surface area contributed by atoms with Crippen LogP contribution < -0.4 is 4.74 Å². The lowest BCUT2D eigenvalue weighted by Gasteiger charge is -2.24. The molecule has 0 fully saturated rings. The van der Waals surface area contributed by atoms with E-state index >= 15 is 0 Å². The molecule has 0 amide bonds. The molecule has 11 aromatic rings. The summed E-state index contributed by atoms with van der Waals surface area (Å²) in [5.41, 5.74) is 8.12. The third-order valence-electron chi connectivity index (χ3n) is 11.2. The first-order chi connectivity index (χ1) is 25.3. The van der Waals surface area contributed by atoms with Gasteiger partial charge in [0.25, 0.3) is 0 Å². The molecule has 51 heavy (non-hydrogen) atoms. The SMILES string of the molecule is c1cc2ccc3cccc4c(-c5ccc6c(c5)Oc5cccc7c5c-6cc5c6ccccc6c(-c6cccc8ncccc68)cc75)cc(c1)c2c34. The van der Waals surface area contributed by atoms with Crippen LogP contribution in [0, 0.1) is 0 Å². The van der Waals surface area contributed by atoms with Gasteiger partial charge in [-0.2, -0.15) is 0 Å². The first-order valence-electron chi connectivity index (χ1n) is 17.5. The minimum atomic E-state index is 0.890. The normalized spacial score (nSPS) is 12.5. The van der Waals surface area contributed by atoms with Gasteiger partial charge in [0.15, 0.2) is 0 Å². The Labute approximate surface area is 293 Å². The van der Waals surface area contributed by atoms with Crippen molar-refractivity contribution >= 4 is 75.5 Å². The van der Waals surface area contributed by atoms with Crippen LogP contribution in [0.25, 0.3) is 109 Å². The highest BCUT2D eigenvalue weighted by molar-refractivity contribution is 6.28. The second-order valence-electron chi connectivity index (χ2n) is 13.8. The molecular formula is C49H27NO. The van der Waals surface area contributed by atoms with E-state index in [0.29, 0.717) is 0 Å². The molecule has 1 aliphatic heterocycles. The third-order valence-corrected chi connectivity index (χ3v) is 11.2. The van der Waals surface area contributed by atoms with Gasteiger partial charge in [-0.3, -0.25) is 4.98 Å². The van der Waals surface area contributed by atoms with Crippen LogP contribution in [0.5, 0.6) is 11.5 Å². The molecule has 0 saturated carbocycles. The third kappa shape index (κ3) is 3.68. The molecule has 0 radical (unpaired) electrons. The van der Waals surface area contributed by atoms with E-state index in [9.17, 15) is 0 Å². The predicted molar refractivity (Wildman–Crippen MR) is 214 cm³/mol. The van der Waals surface area contributed by atoms with Crippen molar-refractivity contribution in [1.82, 2.24) is 4.98 Å². The van der Waals surface area contributed by atoms with Gasteiger partial charge in [-0.15, -0.1) is 0 Å². The average Bonchev–Trinajstić information content (AvgIpc) is 3.19. The predicted octanol–water partition coefficient (Wildman–Crippen LogP) is 13.7. The van der Waals surface area contributed by atoms with Gasteiger partial charge in [0.05, 0.1) is 5.52 Å². The highest BCUT2D eigenvalue weighted by Crippen LogP contribution is 2.52. The molecule has 1 aliphatic rings. The zero-order chi connectivity index (χ0) is 33.2. The molecule has 2 heteroatoms. The summed E-state index contributed by atoms with van der Waals surface area (Å²) in [7, 11) is 0. The zero-order valence-electron chi connectivity index (χ0n) is 27.4. The second kappa shape index (κ2) is 9.90. The van der Waals surface area contributed by atoms with Gasteiger partial charge in [0.2, 0.25) is 0 Å². The smallest absolute Gasteiger partial charge is 0.135 e. The van der Waals surface area contributed by atoms with Crippen LogP contribution in [0.15, 0.2) is 164 Å². The van der Waals surface area contributed by atoms with Gasteiger partial charge < -0.3 is 4.74 Å². The Balaban J connectivity index is 1.11.